The van der Waals surface area contributed by atoms with Crippen molar-refractivity contribution in [3.63, 3.8) is 0 Å². The van der Waals surface area contributed by atoms with Crippen LogP contribution >= 0.6 is 0 Å². The van der Waals surface area contributed by atoms with Gasteiger partial charge < -0.3 is 14.7 Å². The molecule has 25 heavy (non-hydrogen) atoms. The van der Waals surface area contributed by atoms with Crippen LogP contribution in [0.3, 0.4) is 0 Å². The molecule has 136 valence electrons. The predicted octanol–water partition coefficient (Wildman–Crippen LogP) is 2.49. The number of morpholine rings is 1. The van der Waals surface area contributed by atoms with Crippen LogP contribution < -0.4 is 0 Å². The van der Waals surface area contributed by atoms with Crippen molar-refractivity contribution in [2.75, 3.05) is 19.7 Å². The molecule has 1 amide bonds. The van der Waals surface area contributed by atoms with Gasteiger partial charge in [-0.25, -0.2) is 0 Å². The summed E-state index contributed by atoms with van der Waals surface area (Å²) >= 11 is 0. The summed E-state index contributed by atoms with van der Waals surface area (Å²) in [4.78, 5) is 14.7. The van der Waals surface area contributed by atoms with E-state index in [1.807, 2.05) is 0 Å². The monoisotopic (exact) mass is 355 g/mol. The Labute approximate surface area is 143 Å². The first-order valence-electron chi connectivity index (χ1n) is 8.56. The lowest BCUT2D eigenvalue weighted by Crippen LogP contribution is -2.53. The van der Waals surface area contributed by atoms with Gasteiger partial charge in [0.05, 0.1) is 23.2 Å². The maximum Gasteiger partial charge on any atom is 0.416 e. The minimum atomic E-state index is -4.38. The van der Waals surface area contributed by atoms with Crippen LogP contribution in [0, 0.1) is 0 Å². The van der Waals surface area contributed by atoms with E-state index in [9.17, 15) is 23.1 Å². The maximum atomic E-state index is 13.0. The fourth-order valence-electron chi connectivity index (χ4n) is 3.64. The Morgan fingerprint density at radius 2 is 1.80 bits per heavy atom. The highest BCUT2D eigenvalue weighted by molar-refractivity contribution is 5.91. The van der Waals surface area contributed by atoms with Crippen molar-refractivity contribution in [2.45, 2.75) is 49.0 Å². The summed E-state index contributed by atoms with van der Waals surface area (Å²) in [6.07, 6.45) is -2.09. The first-order valence-corrected chi connectivity index (χ1v) is 8.56. The van der Waals surface area contributed by atoms with E-state index in [0.717, 1.165) is 12.1 Å². The van der Waals surface area contributed by atoms with Gasteiger partial charge in [0, 0.05) is 13.1 Å². The number of aliphatic hydroxyl groups is 1. The molecular formula is C18H20F3NO3. The molecule has 0 radical (unpaired) electrons. The first kappa shape index (κ1) is 16.8. The Morgan fingerprint density at radius 1 is 1.16 bits per heavy atom. The van der Waals surface area contributed by atoms with Crippen LogP contribution in [0.5, 0.6) is 0 Å². The van der Waals surface area contributed by atoms with Gasteiger partial charge in [-0.2, -0.15) is 13.2 Å². The average molecular weight is 355 g/mol. The Morgan fingerprint density at radius 3 is 2.32 bits per heavy atom. The standard InChI is InChI=1S/C18H20F3NO3/c19-18(20,21)13-3-1-12(2-4-13)16(5-6-16)15(23)22-9-10-25-14(11-22)17(24)7-8-17/h1-4,14,24H,5-11H2. The number of carbonyl (C=O) groups is 1. The lowest BCUT2D eigenvalue weighted by atomic mass is 9.92. The Hall–Kier alpha value is -1.60. The first-order chi connectivity index (χ1) is 11.7. The molecule has 0 spiro atoms. The number of rotatable bonds is 3. The van der Waals surface area contributed by atoms with Crippen molar-refractivity contribution in [2.24, 2.45) is 0 Å². The molecule has 1 aliphatic heterocycles. The summed E-state index contributed by atoms with van der Waals surface area (Å²) in [6.45, 7) is 1.17. The number of hydrogen-bond acceptors (Lipinski definition) is 3. The number of amides is 1. The second-order valence-corrected chi connectivity index (χ2v) is 7.37. The van der Waals surface area contributed by atoms with E-state index < -0.39 is 22.8 Å². The van der Waals surface area contributed by atoms with Crippen molar-refractivity contribution < 1.29 is 27.8 Å². The van der Waals surface area contributed by atoms with E-state index in [-0.39, 0.29) is 12.0 Å². The van der Waals surface area contributed by atoms with Crippen molar-refractivity contribution in [3.8, 4) is 0 Å². The van der Waals surface area contributed by atoms with Gasteiger partial charge in [0.1, 0.15) is 6.10 Å². The quantitative estimate of drug-likeness (QED) is 0.906. The summed E-state index contributed by atoms with van der Waals surface area (Å²) in [7, 11) is 0. The second kappa shape index (κ2) is 5.45. The van der Waals surface area contributed by atoms with Gasteiger partial charge in [-0.15, -0.1) is 0 Å². The minimum absolute atomic E-state index is 0.0650. The summed E-state index contributed by atoms with van der Waals surface area (Å²) in [5.41, 5.74) is -1.59. The molecule has 2 aliphatic carbocycles. The molecule has 0 bridgehead atoms. The van der Waals surface area contributed by atoms with E-state index in [0.29, 0.717) is 50.9 Å². The molecule has 1 saturated heterocycles. The lowest BCUT2D eigenvalue weighted by molar-refractivity contribution is -0.148. The average Bonchev–Trinajstić information content (AvgIpc) is 3.51. The van der Waals surface area contributed by atoms with Crippen LogP contribution in [0.1, 0.15) is 36.8 Å². The molecule has 1 aromatic rings. The van der Waals surface area contributed by atoms with Gasteiger partial charge in [-0.3, -0.25) is 4.79 Å². The normalized spacial score (nSPS) is 27.0. The second-order valence-electron chi connectivity index (χ2n) is 7.37. The molecule has 3 fully saturated rings. The number of nitrogens with zero attached hydrogens (tertiary/aromatic N) is 1. The Kier molecular flexibility index (Phi) is 3.67. The van der Waals surface area contributed by atoms with Gasteiger partial charge >= 0.3 is 6.18 Å². The number of ether oxygens (including phenoxy) is 1. The minimum Gasteiger partial charge on any atom is -0.387 e. The van der Waals surface area contributed by atoms with Crippen LogP contribution in [-0.4, -0.2) is 47.3 Å². The summed E-state index contributed by atoms with van der Waals surface area (Å²) in [5.74, 6) is -0.0650. The molecule has 4 nitrogen and oxygen atoms in total. The molecule has 2 saturated carbocycles. The zero-order chi connectivity index (χ0) is 17.9. The highest BCUT2D eigenvalue weighted by Gasteiger charge is 2.56. The van der Waals surface area contributed by atoms with Gasteiger partial charge in [-0.05, 0) is 43.4 Å². The molecule has 1 atom stereocenters. The smallest absolute Gasteiger partial charge is 0.387 e. The third-order valence-electron chi connectivity index (χ3n) is 5.64. The highest BCUT2D eigenvalue weighted by Crippen LogP contribution is 2.50. The van der Waals surface area contributed by atoms with Gasteiger partial charge in [0.25, 0.3) is 0 Å². The van der Waals surface area contributed by atoms with Crippen LogP contribution in [0.4, 0.5) is 13.2 Å². The SMILES string of the molecule is O=C(N1CCOC(C2(O)CC2)C1)C1(c2ccc(C(F)(F)F)cc2)CC1. The summed E-state index contributed by atoms with van der Waals surface area (Å²) in [6, 6.07) is 4.91. The molecule has 1 heterocycles. The Balaban J connectivity index is 1.51. The van der Waals surface area contributed by atoms with Crippen LogP contribution in [0.2, 0.25) is 0 Å². The number of alkyl halides is 3. The molecule has 7 heteroatoms. The predicted molar refractivity (Wildman–Crippen MR) is 82.9 cm³/mol. The van der Waals surface area contributed by atoms with E-state index in [2.05, 4.69) is 0 Å². The van der Waals surface area contributed by atoms with Crippen molar-refractivity contribution in [3.05, 3.63) is 35.4 Å². The van der Waals surface area contributed by atoms with Gasteiger partial charge in [-0.1, -0.05) is 12.1 Å². The molecule has 0 aromatic heterocycles. The van der Waals surface area contributed by atoms with E-state index >= 15 is 0 Å². The Bertz CT molecular complexity index is 678. The molecular weight excluding hydrogens is 335 g/mol. The molecule has 1 aromatic carbocycles. The van der Waals surface area contributed by atoms with Crippen LogP contribution in [0.15, 0.2) is 24.3 Å². The molecule has 1 N–H and O–H groups in total. The number of benzene rings is 1. The van der Waals surface area contributed by atoms with E-state index in [1.54, 1.807) is 4.90 Å². The van der Waals surface area contributed by atoms with E-state index in [4.69, 9.17) is 4.74 Å². The fourth-order valence-corrected chi connectivity index (χ4v) is 3.64. The largest absolute Gasteiger partial charge is 0.416 e. The fraction of sp³-hybridized carbons (Fsp3) is 0.611. The lowest BCUT2D eigenvalue weighted by Gasteiger charge is -2.37. The van der Waals surface area contributed by atoms with Gasteiger partial charge in [0.2, 0.25) is 5.91 Å². The summed E-state index contributed by atoms with van der Waals surface area (Å²) in [5, 5.41) is 10.2. The third-order valence-corrected chi connectivity index (χ3v) is 5.64. The zero-order valence-electron chi connectivity index (χ0n) is 13.7. The van der Waals surface area contributed by atoms with Crippen LogP contribution in [0.25, 0.3) is 0 Å². The molecule has 3 aliphatic rings. The maximum absolute atomic E-state index is 13.0. The molecule has 1 unspecified atom stereocenters. The summed E-state index contributed by atoms with van der Waals surface area (Å²) < 4.78 is 43.8. The molecule has 4 rings (SSSR count). The zero-order valence-corrected chi connectivity index (χ0v) is 13.7. The van der Waals surface area contributed by atoms with Crippen molar-refractivity contribution in [1.82, 2.24) is 4.90 Å². The van der Waals surface area contributed by atoms with Crippen molar-refractivity contribution in [1.29, 1.82) is 0 Å². The topological polar surface area (TPSA) is 49.8 Å². The number of halogens is 3. The number of carbonyl (C=O) groups excluding carboxylic acids is 1. The third kappa shape index (κ3) is 2.93. The van der Waals surface area contributed by atoms with E-state index in [1.165, 1.54) is 12.1 Å². The van der Waals surface area contributed by atoms with Gasteiger partial charge in [0.15, 0.2) is 0 Å². The van der Waals surface area contributed by atoms with Crippen molar-refractivity contribution >= 4 is 5.91 Å². The van der Waals surface area contributed by atoms with Crippen LogP contribution in [-0.2, 0) is 21.1 Å². The highest BCUT2D eigenvalue weighted by atomic mass is 19.4. The number of hydrogen-bond donors (Lipinski definition) is 1.